The number of aromatic nitrogens is 4. The molecule has 0 unspecified atom stereocenters. The molecule has 30 heavy (non-hydrogen) atoms. The van der Waals surface area contributed by atoms with E-state index in [9.17, 15) is 4.79 Å². The van der Waals surface area contributed by atoms with Crippen LogP contribution in [0, 0.1) is 0 Å². The summed E-state index contributed by atoms with van der Waals surface area (Å²) in [5.74, 6) is 1.06. The fourth-order valence-electron chi connectivity index (χ4n) is 5.23. The molecule has 2 fully saturated rings. The molecule has 0 saturated carbocycles. The van der Waals surface area contributed by atoms with Crippen molar-refractivity contribution in [1.82, 2.24) is 24.8 Å². The van der Waals surface area contributed by atoms with E-state index < -0.39 is 0 Å². The average Bonchev–Trinajstić information content (AvgIpc) is 3.45. The molecule has 1 aromatic carbocycles. The van der Waals surface area contributed by atoms with Crippen molar-refractivity contribution < 1.29 is 4.79 Å². The molecule has 0 spiro atoms. The molecule has 0 aliphatic carbocycles. The molecule has 2 saturated heterocycles. The van der Waals surface area contributed by atoms with E-state index in [4.69, 9.17) is 0 Å². The second kappa shape index (κ2) is 6.79. The van der Waals surface area contributed by atoms with Crippen LogP contribution in [-0.4, -0.2) is 55.9 Å². The summed E-state index contributed by atoms with van der Waals surface area (Å²) in [6, 6.07) is 10.5. The number of nitrogens with one attached hydrogen (secondary N) is 1. The van der Waals surface area contributed by atoms with Crippen molar-refractivity contribution in [2.24, 2.45) is 0 Å². The number of amides is 1. The lowest BCUT2D eigenvalue weighted by atomic mass is 9.95. The summed E-state index contributed by atoms with van der Waals surface area (Å²) < 4.78 is 0. The lowest BCUT2D eigenvalue weighted by molar-refractivity contribution is 0.0610. The molecule has 150 valence electrons. The van der Waals surface area contributed by atoms with Gasteiger partial charge in [-0.3, -0.25) is 9.78 Å². The normalized spacial score (nSPS) is 21.3. The van der Waals surface area contributed by atoms with E-state index in [1.807, 2.05) is 42.7 Å². The number of anilines is 1. The fraction of sp³-hybridized carbons (Fsp3) is 0.304. The Morgan fingerprint density at radius 2 is 1.93 bits per heavy atom. The molecular weight excluding hydrogens is 376 g/mol. The molecule has 1 N–H and O–H groups in total. The Balaban J connectivity index is 1.35. The Labute approximate surface area is 173 Å². The zero-order valence-corrected chi connectivity index (χ0v) is 16.5. The molecular formula is C23H22N6O. The lowest BCUT2D eigenvalue weighted by Gasteiger charge is -2.40. The monoisotopic (exact) mass is 398 g/mol. The Kier molecular flexibility index (Phi) is 3.94. The van der Waals surface area contributed by atoms with Crippen molar-refractivity contribution in [2.75, 3.05) is 18.0 Å². The molecule has 7 nitrogen and oxygen atoms in total. The predicted octanol–water partition coefficient (Wildman–Crippen LogP) is 3.39. The second-order valence-electron chi connectivity index (χ2n) is 8.10. The Hall–Kier alpha value is -3.48. The zero-order chi connectivity index (χ0) is 20.1. The van der Waals surface area contributed by atoms with Gasteiger partial charge in [0.1, 0.15) is 17.8 Å². The molecule has 0 radical (unpaired) electrons. The van der Waals surface area contributed by atoms with Crippen LogP contribution >= 0.6 is 0 Å². The number of aromatic amines is 1. The summed E-state index contributed by atoms with van der Waals surface area (Å²) in [4.78, 5) is 34.5. The topological polar surface area (TPSA) is 78.0 Å². The quantitative estimate of drug-likeness (QED) is 0.560. The van der Waals surface area contributed by atoms with E-state index in [1.54, 1.807) is 12.5 Å². The van der Waals surface area contributed by atoms with Crippen molar-refractivity contribution in [1.29, 1.82) is 0 Å². The second-order valence-corrected chi connectivity index (χ2v) is 8.10. The largest absolute Gasteiger partial charge is 0.351 e. The van der Waals surface area contributed by atoms with Gasteiger partial charge in [0, 0.05) is 37.1 Å². The van der Waals surface area contributed by atoms with Crippen LogP contribution in [0.4, 0.5) is 5.82 Å². The summed E-state index contributed by atoms with van der Waals surface area (Å²) in [7, 11) is 0. The van der Waals surface area contributed by atoms with Crippen molar-refractivity contribution in [3.8, 4) is 0 Å². The van der Waals surface area contributed by atoms with Gasteiger partial charge in [0.05, 0.1) is 23.0 Å². The van der Waals surface area contributed by atoms with Gasteiger partial charge in [-0.25, -0.2) is 9.97 Å². The zero-order valence-electron chi connectivity index (χ0n) is 16.5. The predicted molar refractivity (Wildman–Crippen MR) is 115 cm³/mol. The van der Waals surface area contributed by atoms with Gasteiger partial charge in [-0.2, -0.15) is 0 Å². The smallest absolute Gasteiger partial charge is 0.256 e. The molecule has 6 rings (SSSR count). The molecule has 2 aliphatic heterocycles. The van der Waals surface area contributed by atoms with Crippen LogP contribution in [0.25, 0.3) is 21.8 Å². The summed E-state index contributed by atoms with van der Waals surface area (Å²) in [5.41, 5.74) is 1.55. The molecule has 0 bridgehead atoms. The first-order valence-corrected chi connectivity index (χ1v) is 10.5. The van der Waals surface area contributed by atoms with Crippen molar-refractivity contribution in [3.05, 3.63) is 60.8 Å². The minimum Gasteiger partial charge on any atom is -0.351 e. The van der Waals surface area contributed by atoms with Gasteiger partial charge >= 0.3 is 0 Å². The Morgan fingerprint density at radius 1 is 1.00 bits per heavy atom. The standard InChI is InChI=1S/C23H22N6O/c30-23(18-13-24-12-15-4-1-2-5-16(15)18)29-10-3-6-19-20(29)8-11-28(19)22-17-7-9-25-21(17)26-14-27-22/h1-2,4-5,7,9,12-14,19-20H,3,6,8,10-11H2,(H,25,26,27)/t19-,20-/m1/s1. The van der Waals surface area contributed by atoms with Gasteiger partial charge < -0.3 is 14.8 Å². The molecule has 1 amide bonds. The maximum absolute atomic E-state index is 13.6. The van der Waals surface area contributed by atoms with Gasteiger partial charge in [0.15, 0.2) is 0 Å². The number of hydrogen-bond acceptors (Lipinski definition) is 5. The maximum atomic E-state index is 13.6. The summed E-state index contributed by atoms with van der Waals surface area (Å²) in [6.07, 6.45) is 10.1. The third-order valence-corrected chi connectivity index (χ3v) is 6.57. The molecule has 3 aromatic heterocycles. The number of carbonyl (C=O) groups is 1. The highest BCUT2D eigenvalue weighted by Crippen LogP contribution is 2.36. The number of piperidine rings is 1. The van der Waals surface area contributed by atoms with E-state index in [0.29, 0.717) is 5.56 Å². The number of benzene rings is 1. The van der Waals surface area contributed by atoms with Crippen molar-refractivity contribution in [2.45, 2.75) is 31.3 Å². The first kappa shape index (κ1) is 17.4. The first-order valence-electron chi connectivity index (χ1n) is 10.5. The van der Waals surface area contributed by atoms with E-state index in [-0.39, 0.29) is 18.0 Å². The van der Waals surface area contributed by atoms with Crippen LogP contribution in [0.5, 0.6) is 0 Å². The van der Waals surface area contributed by atoms with Crippen LogP contribution in [0.15, 0.2) is 55.2 Å². The van der Waals surface area contributed by atoms with Gasteiger partial charge in [-0.15, -0.1) is 0 Å². The van der Waals surface area contributed by atoms with Crippen molar-refractivity contribution >= 4 is 33.5 Å². The van der Waals surface area contributed by atoms with Crippen LogP contribution in [-0.2, 0) is 0 Å². The van der Waals surface area contributed by atoms with E-state index in [2.05, 4.69) is 29.7 Å². The van der Waals surface area contributed by atoms with Gasteiger partial charge in [0.25, 0.3) is 5.91 Å². The number of fused-ring (bicyclic) bond motifs is 3. The molecule has 2 atom stereocenters. The molecule has 2 aliphatic rings. The lowest BCUT2D eigenvalue weighted by Crippen LogP contribution is -2.52. The minimum atomic E-state index is 0.0883. The van der Waals surface area contributed by atoms with E-state index in [1.165, 1.54) is 0 Å². The third-order valence-electron chi connectivity index (χ3n) is 6.57. The SMILES string of the molecule is O=C(c1cncc2ccccc12)N1CCC[C@@H]2[C@H]1CCN2c1ncnc2[nH]ccc12. The number of pyridine rings is 1. The highest BCUT2D eigenvalue weighted by atomic mass is 16.2. The Bertz CT molecular complexity index is 1250. The summed E-state index contributed by atoms with van der Waals surface area (Å²) in [6.45, 7) is 1.69. The van der Waals surface area contributed by atoms with Gasteiger partial charge in [0.2, 0.25) is 0 Å². The molecule has 4 aromatic rings. The number of hydrogen-bond donors (Lipinski definition) is 1. The van der Waals surface area contributed by atoms with Gasteiger partial charge in [-0.1, -0.05) is 24.3 Å². The Morgan fingerprint density at radius 3 is 2.90 bits per heavy atom. The average molecular weight is 398 g/mol. The number of H-pyrrole nitrogens is 1. The van der Waals surface area contributed by atoms with E-state index in [0.717, 1.165) is 60.0 Å². The van der Waals surface area contributed by atoms with Crippen LogP contribution < -0.4 is 4.90 Å². The summed E-state index contributed by atoms with van der Waals surface area (Å²) >= 11 is 0. The third kappa shape index (κ3) is 2.58. The van der Waals surface area contributed by atoms with Crippen molar-refractivity contribution in [3.63, 3.8) is 0 Å². The highest BCUT2D eigenvalue weighted by molar-refractivity contribution is 6.06. The van der Waals surface area contributed by atoms with E-state index >= 15 is 0 Å². The highest BCUT2D eigenvalue weighted by Gasteiger charge is 2.43. The van der Waals surface area contributed by atoms with Crippen LogP contribution in [0.3, 0.4) is 0 Å². The number of likely N-dealkylation sites (tertiary alicyclic amines) is 1. The first-order chi connectivity index (χ1) is 14.8. The maximum Gasteiger partial charge on any atom is 0.256 e. The number of carbonyl (C=O) groups excluding carboxylic acids is 1. The molecule has 7 heteroatoms. The fourth-order valence-corrected chi connectivity index (χ4v) is 5.23. The minimum absolute atomic E-state index is 0.0883. The number of nitrogens with zero attached hydrogens (tertiary/aromatic N) is 5. The summed E-state index contributed by atoms with van der Waals surface area (Å²) in [5, 5.41) is 3.01. The van der Waals surface area contributed by atoms with Gasteiger partial charge in [-0.05, 0) is 30.7 Å². The molecule has 5 heterocycles. The van der Waals surface area contributed by atoms with Crippen LogP contribution in [0.2, 0.25) is 0 Å². The van der Waals surface area contributed by atoms with Crippen LogP contribution in [0.1, 0.15) is 29.6 Å². The number of rotatable bonds is 2.